The number of rotatable bonds is 4. The minimum Gasteiger partial charge on any atom is -0.307 e. The van der Waals surface area contributed by atoms with Gasteiger partial charge in [0, 0.05) is 13.1 Å². The molecule has 0 saturated heterocycles. The maximum absolute atomic E-state index is 4.33. The van der Waals surface area contributed by atoms with E-state index in [9.17, 15) is 0 Å². The van der Waals surface area contributed by atoms with Crippen LogP contribution in [0.3, 0.4) is 0 Å². The van der Waals surface area contributed by atoms with E-state index in [4.69, 9.17) is 0 Å². The number of aryl methyl sites for hydroxylation is 1. The highest BCUT2D eigenvalue weighted by molar-refractivity contribution is 4.88. The van der Waals surface area contributed by atoms with Crippen LogP contribution < -0.4 is 5.32 Å². The topological polar surface area (TPSA) is 42.7 Å². The Morgan fingerprint density at radius 3 is 2.83 bits per heavy atom. The molecule has 4 nitrogen and oxygen atoms in total. The summed E-state index contributed by atoms with van der Waals surface area (Å²) in [4.78, 5) is 4.28. The van der Waals surface area contributed by atoms with Crippen LogP contribution in [-0.2, 0) is 13.6 Å². The van der Waals surface area contributed by atoms with Gasteiger partial charge in [0.25, 0.3) is 0 Å². The lowest BCUT2D eigenvalue weighted by Gasteiger charge is -2.37. The summed E-state index contributed by atoms with van der Waals surface area (Å²) in [5, 5.41) is 8.00. The van der Waals surface area contributed by atoms with Crippen molar-refractivity contribution in [1.82, 2.24) is 20.1 Å². The Kier molecular flexibility index (Phi) is 4.38. The van der Waals surface area contributed by atoms with E-state index < -0.39 is 0 Å². The van der Waals surface area contributed by atoms with Gasteiger partial charge >= 0.3 is 0 Å². The zero-order valence-electron chi connectivity index (χ0n) is 12.1. The molecule has 0 aliphatic heterocycles. The summed E-state index contributed by atoms with van der Waals surface area (Å²) in [5.74, 6) is 3.30. The molecule has 2 rings (SSSR count). The molecule has 1 N–H and O–H groups in total. The van der Waals surface area contributed by atoms with E-state index in [2.05, 4.69) is 36.2 Å². The van der Waals surface area contributed by atoms with Gasteiger partial charge in [-0.1, -0.05) is 27.2 Å². The second-order valence-electron chi connectivity index (χ2n) is 6.15. The Bertz CT molecular complexity index is 372. The Hall–Kier alpha value is -0.900. The highest BCUT2D eigenvalue weighted by Gasteiger charge is 2.30. The molecule has 0 bridgehead atoms. The van der Waals surface area contributed by atoms with Crippen molar-refractivity contribution in [1.29, 1.82) is 0 Å². The van der Waals surface area contributed by atoms with Crippen molar-refractivity contribution < 1.29 is 0 Å². The molecule has 0 radical (unpaired) electrons. The number of hydrogen-bond donors (Lipinski definition) is 1. The van der Waals surface area contributed by atoms with E-state index >= 15 is 0 Å². The first kappa shape index (κ1) is 13.5. The average molecular weight is 250 g/mol. The van der Waals surface area contributed by atoms with Crippen LogP contribution in [0.15, 0.2) is 6.33 Å². The summed E-state index contributed by atoms with van der Waals surface area (Å²) in [7, 11) is 1.91. The molecule has 0 amide bonds. The first-order valence-corrected chi connectivity index (χ1v) is 7.14. The number of nitrogens with one attached hydrogen (secondary N) is 1. The molecule has 1 saturated carbocycles. The maximum atomic E-state index is 4.33. The molecule has 1 aromatic heterocycles. The fraction of sp³-hybridized carbons (Fsp3) is 0.857. The molecular formula is C14H26N4. The predicted molar refractivity (Wildman–Crippen MR) is 73.0 cm³/mol. The highest BCUT2D eigenvalue weighted by atomic mass is 15.3. The lowest BCUT2D eigenvalue weighted by molar-refractivity contribution is 0.168. The fourth-order valence-corrected chi connectivity index (χ4v) is 3.12. The van der Waals surface area contributed by atoms with E-state index in [1.807, 2.05) is 7.05 Å². The van der Waals surface area contributed by atoms with Crippen LogP contribution in [-0.4, -0.2) is 20.8 Å². The van der Waals surface area contributed by atoms with Crippen LogP contribution in [0.25, 0.3) is 0 Å². The Labute approximate surface area is 110 Å². The second kappa shape index (κ2) is 5.83. The van der Waals surface area contributed by atoms with Crippen LogP contribution in [0.5, 0.6) is 0 Å². The summed E-state index contributed by atoms with van der Waals surface area (Å²) in [6.07, 6.45) is 5.78. The molecule has 4 heteroatoms. The molecule has 3 atom stereocenters. The van der Waals surface area contributed by atoms with Crippen molar-refractivity contribution in [2.45, 2.75) is 52.6 Å². The fourth-order valence-electron chi connectivity index (χ4n) is 3.12. The van der Waals surface area contributed by atoms with Crippen molar-refractivity contribution >= 4 is 0 Å². The second-order valence-corrected chi connectivity index (χ2v) is 6.15. The molecule has 102 valence electrons. The van der Waals surface area contributed by atoms with Crippen molar-refractivity contribution in [3.05, 3.63) is 12.2 Å². The van der Waals surface area contributed by atoms with Crippen molar-refractivity contribution in [2.24, 2.45) is 24.8 Å². The quantitative estimate of drug-likeness (QED) is 0.892. The van der Waals surface area contributed by atoms with E-state index in [1.54, 1.807) is 11.0 Å². The molecule has 18 heavy (non-hydrogen) atoms. The van der Waals surface area contributed by atoms with E-state index in [0.717, 1.165) is 30.1 Å². The number of nitrogens with zero attached hydrogens (tertiary/aromatic N) is 3. The predicted octanol–water partition coefficient (Wildman–Crippen LogP) is 2.37. The molecule has 1 fully saturated rings. The van der Waals surface area contributed by atoms with E-state index in [0.29, 0.717) is 6.04 Å². The van der Waals surface area contributed by atoms with Gasteiger partial charge in [0.15, 0.2) is 5.82 Å². The van der Waals surface area contributed by atoms with E-state index in [-0.39, 0.29) is 0 Å². The normalized spacial score (nSPS) is 28.8. The van der Waals surface area contributed by atoms with Gasteiger partial charge in [0.05, 0.1) is 6.54 Å². The SMILES string of the molecule is CC1CCC(C(C)C)C(NCc2ncn(C)n2)C1. The van der Waals surface area contributed by atoms with Crippen molar-refractivity contribution in [2.75, 3.05) is 0 Å². The minimum absolute atomic E-state index is 0.623. The summed E-state index contributed by atoms with van der Waals surface area (Å²) < 4.78 is 1.76. The highest BCUT2D eigenvalue weighted by Crippen LogP contribution is 2.33. The van der Waals surface area contributed by atoms with Crippen LogP contribution in [0, 0.1) is 17.8 Å². The van der Waals surface area contributed by atoms with Gasteiger partial charge in [0.2, 0.25) is 0 Å². The lowest BCUT2D eigenvalue weighted by Crippen LogP contribution is -2.42. The third-order valence-electron chi connectivity index (χ3n) is 4.19. The zero-order valence-corrected chi connectivity index (χ0v) is 12.1. The Balaban J connectivity index is 1.92. The Morgan fingerprint density at radius 2 is 2.22 bits per heavy atom. The van der Waals surface area contributed by atoms with Gasteiger partial charge < -0.3 is 5.32 Å². The number of hydrogen-bond acceptors (Lipinski definition) is 3. The monoisotopic (exact) mass is 250 g/mol. The number of aromatic nitrogens is 3. The van der Waals surface area contributed by atoms with Gasteiger partial charge in [0.1, 0.15) is 6.33 Å². The third kappa shape index (κ3) is 3.31. The van der Waals surface area contributed by atoms with Crippen LogP contribution in [0.1, 0.15) is 45.9 Å². The Morgan fingerprint density at radius 1 is 1.44 bits per heavy atom. The van der Waals surface area contributed by atoms with E-state index in [1.165, 1.54) is 19.3 Å². The summed E-state index contributed by atoms with van der Waals surface area (Å²) in [6.45, 7) is 7.84. The summed E-state index contributed by atoms with van der Waals surface area (Å²) in [5.41, 5.74) is 0. The standard InChI is InChI=1S/C14H26N4/c1-10(2)12-6-5-11(3)7-13(12)15-8-14-16-9-18(4)17-14/h9-13,15H,5-8H2,1-4H3. The third-order valence-corrected chi connectivity index (χ3v) is 4.19. The first-order valence-electron chi connectivity index (χ1n) is 7.14. The molecule has 3 unspecified atom stereocenters. The molecule has 1 heterocycles. The van der Waals surface area contributed by atoms with Gasteiger partial charge in [-0.3, -0.25) is 4.68 Å². The largest absolute Gasteiger partial charge is 0.307 e. The lowest BCUT2D eigenvalue weighted by atomic mass is 9.74. The maximum Gasteiger partial charge on any atom is 0.164 e. The molecule has 1 aliphatic rings. The molecule has 1 aliphatic carbocycles. The molecule has 0 aromatic carbocycles. The average Bonchev–Trinajstić information content (AvgIpc) is 2.72. The van der Waals surface area contributed by atoms with Crippen LogP contribution >= 0.6 is 0 Å². The minimum atomic E-state index is 0.623. The smallest absolute Gasteiger partial charge is 0.164 e. The van der Waals surface area contributed by atoms with Gasteiger partial charge in [-0.2, -0.15) is 5.10 Å². The zero-order chi connectivity index (χ0) is 13.1. The van der Waals surface area contributed by atoms with Crippen LogP contribution in [0.2, 0.25) is 0 Å². The summed E-state index contributed by atoms with van der Waals surface area (Å²) >= 11 is 0. The van der Waals surface area contributed by atoms with Gasteiger partial charge in [-0.05, 0) is 30.6 Å². The van der Waals surface area contributed by atoms with Gasteiger partial charge in [-0.15, -0.1) is 0 Å². The molecule has 0 spiro atoms. The molecular weight excluding hydrogens is 224 g/mol. The molecule has 1 aromatic rings. The summed E-state index contributed by atoms with van der Waals surface area (Å²) in [6, 6.07) is 0.623. The van der Waals surface area contributed by atoms with Crippen molar-refractivity contribution in [3.8, 4) is 0 Å². The van der Waals surface area contributed by atoms with Crippen LogP contribution in [0.4, 0.5) is 0 Å². The van der Waals surface area contributed by atoms with Crippen molar-refractivity contribution in [3.63, 3.8) is 0 Å². The first-order chi connectivity index (χ1) is 8.56. The van der Waals surface area contributed by atoms with Gasteiger partial charge in [-0.25, -0.2) is 4.98 Å².